The van der Waals surface area contributed by atoms with Gasteiger partial charge in [0.1, 0.15) is 5.36 Å². The summed E-state index contributed by atoms with van der Waals surface area (Å²) in [5.74, 6) is 2.83. The Morgan fingerprint density at radius 3 is 2.41 bits per heavy atom. The molecule has 4 aliphatic rings. The number of urea groups is 2. The molecular weight excluding hydrogens is 727 g/mol. The number of amides is 4. The number of anilines is 2. The average Bonchev–Trinajstić information content (AvgIpc) is 3.45. The summed E-state index contributed by atoms with van der Waals surface area (Å²) in [4.78, 5) is 39.3. The molecule has 290 valence electrons. The molecule has 59 heavy (non-hydrogen) atoms. The summed E-state index contributed by atoms with van der Waals surface area (Å²) in [5.41, 5.74) is 21.1. The number of allylic oxidation sites excluding steroid dienone is 11. The van der Waals surface area contributed by atoms with E-state index < -0.39 is 12.1 Å². The zero-order valence-electron chi connectivity index (χ0n) is 33.8. The zero-order valence-corrected chi connectivity index (χ0v) is 33.8. The lowest BCUT2D eigenvalue weighted by molar-refractivity contribution is 0.256. The molecule has 3 aliphatic carbocycles. The summed E-state index contributed by atoms with van der Waals surface area (Å²) < 4.78 is 0. The lowest BCUT2D eigenvalue weighted by atomic mass is 9.65. The molecule has 1 heterocycles. The van der Waals surface area contributed by atoms with E-state index in [2.05, 4.69) is 157 Å². The number of carbonyl (C=O) groups is 2. The lowest BCUT2D eigenvalue weighted by Crippen LogP contribution is -2.33. The predicted octanol–water partition coefficient (Wildman–Crippen LogP) is 10.4. The van der Waals surface area contributed by atoms with Gasteiger partial charge in [0.15, 0.2) is 0 Å². The molecule has 1 aliphatic heterocycles. The number of aryl methyl sites for hydroxylation is 2. The number of hydrogen-bond acceptors (Lipinski definition) is 3. The Balaban J connectivity index is 1.27. The average molecular weight is 772 g/mol. The topological polar surface area (TPSA) is 100 Å². The van der Waals surface area contributed by atoms with Gasteiger partial charge in [-0.05, 0) is 117 Å². The van der Waals surface area contributed by atoms with Crippen LogP contribution in [0.15, 0.2) is 165 Å². The minimum Gasteiger partial charge on any atom is -0.350 e. The van der Waals surface area contributed by atoms with Crippen molar-refractivity contribution >= 4 is 35.2 Å². The maximum Gasteiger partial charge on any atom is 0.368 e. The number of terminal acetylenes is 1. The Hall–Kier alpha value is -7.17. The lowest BCUT2D eigenvalue weighted by Gasteiger charge is -2.39. The van der Waals surface area contributed by atoms with Gasteiger partial charge in [-0.2, -0.15) is 15.0 Å². The summed E-state index contributed by atoms with van der Waals surface area (Å²) in [6.45, 7) is 13.6. The fourth-order valence-corrected chi connectivity index (χ4v) is 8.75. The quantitative estimate of drug-likeness (QED) is 0.181. The number of nitrogens with zero attached hydrogens (tertiary/aromatic N) is 4. The van der Waals surface area contributed by atoms with Crippen molar-refractivity contribution in [1.82, 2.24) is 0 Å². The van der Waals surface area contributed by atoms with E-state index in [1.807, 2.05) is 18.2 Å². The van der Waals surface area contributed by atoms with Crippen molar-refractivity contribution in [3.8, 4) is 34.6 Å². The molecule has 0 unspecified atom stereocenters. The van der Waals surface area contributed by atoms with Crippen molar-refractivity contribution in [3.05, 3.63) is 183 Å². The highest BCUT2D eigenvalue weighted by Gasteiger charge is 2.36. The second-order valence-corrected chi connectivity index (χ2v) is 15.5. The standard InChI is InChI=1S/C52H45N5O2/c1-7-14-42-36-16-10-12-17-37(29-36)52(5,6)45(42)27-28-57(39-24-26-41(34(9-3)30-39)40-18-13-11-15-33(40)8-2)38-22-20-35(21-23-38)44-31-46-49(56-51(59)54-46)47-43(44)25-19-32(4)48(47)55-50(53)58/h1,10-27,30-31H,4,8-9,28-29H2,2-3,5-6H3,(H2,53,58)/b42-14-,45-27+,55-48?. The van der Waals surface area contributed by atoms with Crippen LogP contribution in [0.5, 0.6) is 0 Å². The van der Waals surface area contributed by atoms with Gasteiger partial charge in [-0.25, -0.2) is 9.59 Å². The molecule has 8 rings (SSSR count). The highest BCUT2D eigenvalue weighted by Crippen LogP contribution is 2.50. The van der Waals surface area contributed by atoms with Crippen molar-refractivity contribution in [3.63, 3.8) is 0 Å². The molecular formula is C52H45N5O2. The Morgan fingerprint density at radius 2 is 1.66 bits per heavy atom. The molecule has 1 saturated carbocycles. The van der Waals surface area contributed by atoms with E-state index in [1.165, 1.54) is 39.0 Å². The molecule has 4 amide bonds. The van der Waals surface area contributed by atoms with Crippen LogP contribution in [0.4, 0.5) is 21.0 Å². The largest absolute Gasteiger partial charge is 0.368 e. The molecule has 2 N–H and O–H groups in total. The van der Waals surface area contributed by atoms with Gasteiger partial charge in [0.2, 0.25) is 0 Å². The maximum absolute atomic E-state index is 12.5. The second kappa shape index (κ2) is 15.6. The Bertz CT molecular complexity index is 2890. The Kier molecular flexibility index (Phi) is 10.3. The third kappa shape index (κ3) is 7.08. The van der Waals surface area contributed by atoms with Crippen LogP contribution in [0.2, 0.25) is 0 Å². The van der Waals surface area contributed by atoms with Gasteiger partial charge in [-0.15, -0.1) is 6.42 Å². The number of aliphatic imine (C=N–C) groups is 1. The number of carbonyl (C=O) groups excluding carboxylic acids is 2. The molecule has 2 bridgehead atoms. The molecule has 4 aromatic rings. The highest BCUT2D eigenvalue weighted by atomic mass is 16.2. The number of rotatable bonds is 8. The maximum atomic E-state index is 12.5. The second-order valence-electron chi connectivity index (χ2n) is 15.5. The van der Waals surface area contributed by atoms with Crippen molar-refractivity contribution in [2.24, 2.45) is 26.1 Å². The molecule has 1 fully saturated rings. The summed E-state index contributed by atoms with van der Waals surface area (Å²) in [6.07, 6.45) is 25.2. The van der Waals surface area contributed by atoms with Crippen LogP contribution in [0.3, 0.4) is 0 Å². The molecule has 0 saturated heterocycles. The third-order valence-corrected chi connectivity index (χ3v) is 11.8. The van der Waals surface area contributed by atoms with Gasteiger partial charge < -0.3 is 10.6 Å². The first-order valence-corrected chi connectivity index (χ1v) is 20.0. The van der Waals surface area contributed by atoms with Gasteiger partial charge in [0.25, 0.3) is 0 Å². The summed E-state index contributed by atoms with van der Waals surface area (Å²) in [5, 5.41) is 0.767. The van der Waals surface area contributed by atoms with Crippen LogP contribution < -0.4 is 21.3 Å². The SMILES string of the molecule is C#C/C=C1/C2=CC=CC=C(C2)C(C)(C)/C1=C/CN(c1ccc(-c2cc3c(c4c2C=CC(=C)C4=NC(N)=O)=NC(=O)N=3)cc1)c1ccc(-c2ccccc2CC)c(CC)c1. The van der Waals surface area contributed by atoms with E-state index in [4.69, 9.17) is 12.2 Å². The highest BCUT2D eigenvalue weighted by molar-refractivity contribution is 6.22. The first kappa shape index (κ1) is 38.7. The minimum atomic E-state index is -0.863. The Labute approximate surface area is 345 Å². The summed E-state index contributed by atoms with van der Waals surface area (Å²) in [7, 11) is 0. The minimum absolute atomic E-state index is 0.243. The van der Waals surface area contributed by atoms with Crippen LogP contribution in [0.25, 0.3) is 28.3 Å². The summed E-state index contributed by atoms with van der Waals surface area (Å²) >= 11 is 0. The number of benzene rings is 4. The van der Waals surface area contributed by atoms with Crippen molar-refractivity contribution in [2.45, 2.75) is 47.0 Å². The smallest absolute Gasteiger partial charge is 0.350 e. The molecule has 0 atom stereocenters. The number of nitrogens with two attached hydrogens (primary N) is 1. The van der Waals surface area contributed by atoms with Gasteiger partial charge in [-0.3, -0.25) is 0 Å². The van der Waals surface area contributed by atoms with Crippen LogP contribution in [0, 0.1) is 17.8 Å². The van der Waals surface area contributed by atoms with E-state index in [1.54, 1.807) is 6.08 Å². The van der Waals surface area contributed by atoms with E-state index in [-0.39, 0.29) is 11.1 Å². The van der Waals surface area contributed by atoms with Crippen molar-refractivity contribution < 1.29 is 9.59 Å². The summed E-state index contributed by atoms with van der Waals surface area (Å²) in [6, 6.07) is 24.2. The normalized spacial score (nSPS) is 18.1. The molecule has 0 aromatic heterocycles. The predicted molar refractivity (Wildman–Crippen MR) is 240 cm³/mol. The number of primary amides is 1. The number of hydrogen-bond donors (Lipinski definition) is 1. The molecule has 0 spiro atoms. The van der Waals surface area contributed by atoms with Gasteiger partial charge in [0, 0.05) is 28.9 Å². The van der Waals surface area contributed by atoms with Crippen LogP contribution in [0.1, 0.15) is 56.4 Å². The fraction of sp³-hybridized carbons (Fsp3) is 0.173. The third-order valence-electron chi connectivity index (χ3n) is 11.8. The first-order chi connectivity index (χ1) is 28.5. The monoisotopic (exact) mass is 771 g/mol. The van der Waals surface area contributed by atoms with Crippen LogP contribution >= 0.6 is 0 Å². The van der Waals surface area contributed by atoms with Crippen LogP contribution in [-0.2, 0) is 12.8 Å². The van der Waals surface area contributed by atoms with Crippen molar-refractivity contribution in [2.75, 3.05) is 11.4 Å². The van der Waals surface area contributed by atoms with E-state index >= 15 is 0 Å². The fourth-order valence-electron chi connectivity index (χ4n) is 8.75. The first-order valence-electron chi connectivity index (χ1n) is 20.0. The van der Waals surface area contributed by atoms with E-state index in [0.29, 0.717) is 28.4 Å². The number of fused-ring (bicyclic) bond motifs is 5. The molecule has 7 nitrogen and oxygen atoms in total. The van der Waals surface area contributed by atoms with Gasteiger partial charge in [0.05, 0.1) is 11.1 Å². The van der Waals surface area contributed by atoms with E-state index in [9.17, 15) is 9.59 Å². The van der Waals surface area contributed by atoms with Crippen molar-refractivity contribution in [1.29, 1.82) is 0 Å². The molecule has 4 aromatic carbocycles. The van der Waals surface area contributed by atoms with Gasteiger partial charge in [-0.1, -0.05) is 131 Å². The van der Waals surface area contributed by atoms with E-state index in [0.717, 1.165) is 52.9 Å². The Morgan fingerprint density at radius 1 is 0.932 bits per heavy atom. The molecule has 0 radical (unpaired) electrons. The zero-order chi connectivity index (χ0) is 41.4. The molecule has 7 heteroatoms. The van der Waals surface area contributed by atoms with Crippen LogP contribution in [-0.4, -0.2) is 24.3 Å². The van der Waals surface area contributed by atoms with Gasteiger partial charge >= 0.3 is 12.1 Å².